The highest BCUT2D eigenvalue weighted by molar-refractivity contribution is 7.22. The van der Waals surface area contributed by atoms with E-state index >= 15 is 0 Å². The number of anilines is 1. The SMILES string of the molecule is C=C.O=C(CO)Nc1nc2ccccc2s1. The van der Waals surface area contributed by atoms with Crippen LogP contribution in [-0.2, 0) is 4.79 Å². The number of rotatable bonds is 2. The number of aliphatic hydroxyl groups excluding tert-OH is 1. The van der Waals surface area contributed by atoms with Gasteiger partial charge in [0.1, 0.15) is 6.61 Å². The van der Waals surface area contributed by atoms with Crippen LogP contribution in [0.1, 0.15) is 0 Å². The van der Waals surface area contributed by atoms with Crippen LogP contribution in [-0.4, -0.2) is 22.6 Å². The minimum Gasteiger partial charge on any atom is -0.387 e. The van der Waals surface area contributed by atoms with E-state index in [0.29, 0.717) is 5.13 Å². The number of benzene rings is 1. The molecule has 0 saturated heterocycles. The molecule has 84 valence electrons. The van der Waals surface area contributed by atoms with Crippen LogP contribution >= 0.6 is 11.3 Å². The second-order valence-corrected chi connectivity index (χ2v) is 3.72. The Morgan fingerprint density at radius 1 is 1.44 bits per heavy atom. The molecular formula is C11H12N2O2S. The summed E-state index contributed by atoms with van der Waals surface area (Å²) in [6.07, 6.45) is 0. The number of para-hydroxylation sites is 1. The first-order chi connectivity index (χ1) is 7.79. The van der Waals surface area contributed by atoms with Crippen molar-refractivity contribution in [2.75, 3.05) is 11.9 Å². The van der Waals surface area contributed by atoms with Crippen LogP contribution in [0, 0.1) is 0 Å². The van der Waals surface area contributed by atoms with Gasteiger partial charge < -0.3 is 5.11 Å². The molecule has 5 heteroatoms. The highest BCUT2D eigenvalue weighted by atomic mass is 32.1. The lowest BCUT2D eigenvalue weighted by Crippen LogP contribution is -2.14. The van der Waals surface area contributed by atoms with Crippen LogP contribution in [0.15, 0.2) is 37.4 Å². The molecule has 0 atom stereocenters. The smallest absolute Gasteiger partial charge is 0.251 e. The Kier molecular flexibility index (Phi) is 4.63. The predicted molar refractivity (Wildman–Crippen MR) is 66.6 cm³/mol. The number of carbonyl (C=O) groups excluding carboxylic acids is 1. The van der Waals surface area contributed by atoms with Crippen LogP contribution in [0.25, 0.3) is 10.2 Å². The van der Waals surface area contributed by atoms with E-state index in [1.54, 1.807) is 0 Å². The quantitative estimate of drug-likeness (QED) is 0.784. The molecule has 2 N–H and O–H groups in total. The highest BCUT2D eigenvalue weighted by Crippen LogP contribution is 2.24. The van der Waals surface area contributed by atoms with Gasteiger partial charge in [0.05, 0.1) is 10.2 Å². The maximum absolute atomic E-state index is 10.9. The summed E-state index contributed by atoms with van der Waals surface area (Å²) in [7, 11) is 0. The molecular weight excluding hydrogens is 224 g/mol. The molecule has 1 aromatic heterocycles. The fourth-order valence-corrected chi connectivity index (χ4v) is 1.97. The number of hydrogen-bond donors (Lipinski definition) is 2. The molecule has 0 spiro atoms. The molecule has 4 nitrogen and oxygen atoms in total. The van der Waals surface area contributed by atoms with Gasteiger partial charge >= 0.3 is 0 Å². The first-order valence-electron chi connectivity index (χ1n) is 4.56. The maximum atomic E-state index is 10.9. The van der Waals surface area contributed by atoms with Gasteiger partial charge in [0.15, 0.2) is 5.13 Å². The van der Waals surface area contributed by atoms with Crippen LogP contribution in [0.3, 0.4) is 0 Å². The lowest BCUT2D eigenvalue weighted by molar-refractivity contribution is -0.118. The Hall–Kier alpha value is -1.72. The largest absolute Gasteiger partial charge is 0.387 e. The van der Waals surface area contributed by atoms with E-state index in [0.717, 1.165) is 10.2 Å². The number of hydrogen-bond acceptors (Lipinski definition) is 4. The fraction of sp³-hybridized carbons (Fsp3) is 0.0909. The first kappa shape index (κ1) is 12.4. The normalized spacial score (nSPS) is 9.31. The summed E-state index contributed by atoms with van der Waals surface area (Å²) in [6.45, 7) is 5.48. The van der Waals surface area contributed by atoms with Crippen LogP contribution in [0.5, 0.6) is 0 Å². The number of aromatic nitrogens is 1. The zero-order chi connectivity index (χ0) is 12.0. The zero-order valence-corrected chi connectivity index (χ0v) is 9.46. The van der Waals surface area contributed by atoms with Crippen molar-refractivity contribution in [3.8, 4) is 0 Å². The van der Waals surface area contributed by atoms with Gasteiger partial charge in [-0.25, -0.2) is 4.98 Å². The third-order valence-corrected chi connectivity index (χ3v) is 2.64. The highest BCUT2D eigenvalue weighted by Gasteiger charge is 2.05. The average Bonchev–Trinajstić information content (AvgIpc) is 2.73. The second-order valence-electron chi connectivity index (χ2n) is 2.69. The van der Waals surface area contributed by atoms with E-state index in [-0.39, 0.29) is 0 Å². The summed E-state index contributed by atoms with van der Waals surface area (Å²) in [6, 6.07) is 7.61. The Morgan fingerprint density at radius 2 is 2.12 bits per heavy atom. The standard InChI is InChI=1S/C9H8N2O2S.C2H4/c12-5-8(13)11-9-10-6-3-1-2-4-7(6)14-9;1-2/h1-4,12H,5H2,(H,10,11,13);1-2H2. The first-order valence-corrected chi connectivity index (χ1v) is 5.37. The van der Waals surface area contributed by atoms with Gasteiger partial charge in [-0.15, -0.1) is 13.2 Å². The van der Waals surface area contributed by atoms with Gasteiger partial charge in [0, 0.05) is 0 Å². The summed E-state index contributed by atoms with van der Waals surface area (Å²) < 4.78 is 1.01. The van der Waals surface area contributed by atoms with Crippen molar-refractivity contribution in [2.45, 2.75) is 0 Å². The number of nitrogens with one attached hydrogen (secondary N) is 1. The van der Waals surface area contributed by atoms with E-state index in [1.165, 1.54) is 11.3 Å². The van der Waals surface area contributed by atoms with Crippen molar-refractivity contribution in [3.05, 3.63) is 37.4 Å². The van der Waals surface area contributed by atoms with E-state index in [1.807, 2.05) is 24.3 Å². The van der Waals surface area contributed by atoms with Crippen LogP contribution in [0.4, 0.5) is 5.13 Å². The molecule has 0 saturated carbocycles. The molecule has 1 aromatic carbocycles. The summed E-state index contributed by atoms with van der Waals surface area (Å²) >= 11 is 1.39. The van der Waals surface area contributed by atoms with Crippen molar-refractivity contribution < 1.29 is 9.90 Å². The minimum absolute atomic E-state index is 0.441. The van der Waals surface area contributed by atoms with E-state index in [2.05, 4.69) is 23.5 Å². The maximum Gasteiger partial charge on any atom is 0.251 e. The number of carbonyl (C=O) groups is 1. The predicted octanol–water partition coefficient (Wildman–Crippen LogP) is 2.03. The third-order valence-electron chi connectivity index (χ3n) is 1.68. The zero-order valence-electron chi connectivity index (χ0n) is 8.64. The van der Waals surface area contributed by atoms with E-state index in [9.17, 15) is 4.79 Å². The van der Waals surface area contributed by atoms with Gasteiger partial charge in [-0.05, 0) is 12.1 Å². The molecule has 0 aliphatic heterocycles. The van der Waals surface area contributed by atoms with Gasteiger partial charge in [-0.1, -0.05) is 23.5 Å². The Bertz CT molecular complexity index is 449. The molecule has 2 rings (SSSR count). The van der Waals surface area contributed by atoms with Crippen molar-refractivity contribution in [3.63, 3.8) is 0 Å². The lowest BCUT2D eigenvalue weighted by Gasteiger charge is -1.94. The molecule has 0 radical (unpaired) electrons. The fourth-order valence-electron chi connectivity index (χ4n) is 1.08. The number of nitrogens with zero attached hydrogens (tertiary/aromatic N) is 1. The van der Waals surface area contributed by atoms with Crippen molar-refractivity contribution in [1.29, 1.82) is 0 Å². The summed E-state index contributed by atoms with van der Waals surface area (Å²) in [5, 5.41) is 11.6. The summed E-state index contributed by atoms with van der Waals surface area (Å²) in [5.41, 5.74) is 0.853. The monoisotopic (exact) mass is 236 g/mol. The number of amides is 1. The average molecular weight is 236 g/mol. The minimum atomic E-state index is -0.518. The van der Waals surface area contributed by atoms with E-state index in [4.69, 9.17) is 5.11 Å². The summed E-state index contributed by atoms with van der Waals surface area (Å²) in [5.74, 6) is -0.441. The van der Waals surface area contributed by atoms with E-state index < -0.39 is 12.5 Å². The molecule has 0 fully saturated rings. The van der Waals surface area contributed by atoms with Gasteiger partial charge in [-0.2, -0.15) is 0 Å². The second kappa shape index (κ2) is 5.99. The molecule has 16 heavy (non-hydrogen) atoms. The molecule has 0 bridgehead atoms. The lowest BCUT2D eigenvalue weighted by atomic mass is 10.3. The van der Waals surface area contributed by atoms with Gasteiger partial charge in [0.2, 0.25) is 0 Å². The summed E-state index contributed by atoms with van der Waals surface area (Å²) in [4.78, 5) is 15.0. The Labute approximate surface area is 97.3 Å². The van der Waals surface area contributed by atoms with Crippen LogP contribution < -0.4 is 5.32 Å². The van der Waals surface area contributed by atoms with Gasteiger partial charge in [-0.3, -0.25) is 10.1 Å². The topological polar surface area (TPSA) is 62.2 Å². The van der Waals surface area contributed by atoms with Gasteiger partial charge in [0.25, 0.3) is 5.91 Å². The van der Waals surface area contributed by atoms with Crippen molar-refractivity contribution in [2.24, 2.45) is 0 Å². The number of thiazole rings is 1. The molecule has 0 unspecified atom stereocenters. The third kappa shape index (κ3) is 2.88. The van der Waals surface area contributed by atoms with Crippen LogP contribution in [0.2, 0.25) is 0 Å². The number of aliphatic hydroxyl groups is 1. The Balaban J connectivity index is 0.000000606. The Morgan fingerprint density at radius 3 is 2.75 bits per heavy atom. The molecule has 1 heterocycles. The molecule has 2 aromatic rings. The number of fused-ring (bicyclic) bond motifs is 1. The molecule has 0 aliphatic rings. The molecule has 0 aliphatic carbocycles. The molecule has 1 amide bonds. The van der Waals surface area contributed by atoms with Crippen molar-refractivity contribution in [1.82, 2.24) is 4.98 Å². The van der Waals surface area contributed by atoms with Crippen molar-refractivity contribution >= 4 is 32.6 Å².